The first kappa shape index (κ1) is 14.7. The molecule has 2 aliphatic rings. The predicted molar refractivity (Wildman–Crippen MR) is 88.1 cm³/mol. The first-order valence-electron chi connectivity index (χ1n) is 8.57. The van der Waals surface area contributed by atoms with Gasteiger partial charge in [-0.2, -0.15) is 0 Å². The van der Waals surface area contributed by atoms with Gasteiger partial charge in [-0.1, -0.05) is 12.1 Å². The average molecular weight is 313 g/mol. The van der Waals surface area contributed by atoms with Crippen molar-refractivity contribution in [1.82, 2.24) is 15.2 Å². The van der Waals surface area contributed by atoms with Crippen LogP contribution in [0.1, 0.15) is 31.6 Å². The highest BCUT2D eigenvalue weighted by atomic mass is 16.3. The largest absolute Gasteiger partial charge is 0.441 e. The van der Waals surface area contributed by atoms with Crippen LogP contribution in [0.4, 0.5) is 0 Å². The van der Waals surface area contributed by atoms with Crippen LogP contribution in [0.3, 0.4) is 0 Å². The number of amides is 1. The first-order chi connectivity index (χ1) is 11.2. The van der Waals surface area contributed by atoms with Gasteiger partial charge in [-0.05, 0) is 43.4 Å². The zero-order chi connectivity index (χ0) is 15.7. The van der Waals surface area contributed by atoms with Crippen molar-refractivity contribution in [2.45, 2.75) is 32.1 Å². The number of hydrogen-bond acceptors (Lipinski definition) is 4. The Labute approximate surface area is 136 Å². The topological polar surface area (TPSA) is 58.4 Å². The molecule has 0 aliphatic carbocycles. The number of para-hydroxylation sites is 2. The van der Waals surface area contributed by atoms with Gasteiger partial charge in [0.1, 0.15) is 5.52 Å². The maximum atomic E-state index is 12.4. The zero-order valence-electron chi connectivity index (χ0n) is 13.4. The Kier molecular flexibility index (Phi) is 3.81. The number of carbonyl (C=O) groups excluding carboxylic acids is 1. The van der Waals surface area contributed by atoms with Gasteiger partial charge in [0.15, 0.2) is 11.5 Å². The van der Waals surface area contributed by atoms with Crippen LogP contribution in [-0.2, 0) is 11.2 Å². The molecule has 23 heavy (non-hydrogen) atoms. The molecule has 5 heteroatoms. The highest BCUT2D eigenvalue weighted by Gasteiger charge is 2.37. The molecule has 0 atom stereocenters. The predicted octanol–water partition coefficient (Wildman–Crippen LogP) is 2.36. The van der Waals surface area contributed by atoms with Crippen LogP contribution in [-0.4, -0.2) is 42.0 Å². The lowest BCUT2D eigenvalue weighted by atomic mass is 9.78. The number of aromatic nitrogens is 1. The molecule has 0 bridgehead atoms. The number of nitrogens with zero attached hydrogens (tertiary/aromatic N) is 2. The molecule has 1 aromatic heterocycles. The van der Waals surface area contributed by atoms with Crippen molar-refractivity contribution in [2.75, 3.05) is 26.2 Å². The average Bonchev–Trinajstić information content (AvgIpc) is 3.20. The quantitative estimate of drug-likeness (QED) is 0.945. The summed E-state index contributed by atoms with van der Waals surface area (Å²) in [6.07, 6.45) is 4.59. The normalized spacial score (nSPS) is 20.4. The van der Waals surface area contributed by atoms with Gasteiger partial charge in [-0.15, -0.1) is 0 Å². The lowest BCUT2D eigenvalue weighted by Crippen LogP contribution is -2.44. The Hall–Kier alpha value is -1.88. The van der Waals surface area contributed by atoms with E-state index in [1.807, 2.05) is 29.2 Å². The number of fused-ring (bicyclic) bond motifs is 1. The maximum Gasteiger partial charge on any atom is 0.223 e. The minimum atomic E-state index is 0.230. The van der Waals surface area contributed by atoms with Crippen LogP contribution in [0.2, 0.25) is 0 Å². The molecule has 1 N–H and O–H groups in total. The molecule has 4 rings (SSSR count). The Balaban J connectivity index is 1.32. The number of carbonyl (C=O) groups is 1. The molecule has 0 radical (unpaired) electrons. The van der Waals surface area contributed by atoms with Crippen molar-refractivity contribution < 1.29 is 9.21 Å². The number of nitrogens with one attached hydrogen (secondary N) is 1. The van der Waals surface area contributed by atoms with E-state index in [2.05, 4.69) is 10.3 Å². The molecule has 2 aliphatic heterocycles. The monoisotopic (exact) mass is 313 g/mol. The molecule has 1 aromatic carbocycles. The Morgan fingerprint density at radius 3 is 2.83 bits per heavy atom. The molecule has 1 spiro atoms. The number of piperidine rings is 1. The molecule has 0 unspecified atom stereocenters. The van der Waals surface area contributed by atoms with E-state index in [1.165, 1.54) is 6.42 Å². The van der Waals surface area contributed by atoms with Crippen LogP contribution in [0.5, 0.6) is 0 Å². The van der Waals surface area contributed by atoms with Crippen molar-refractivity contribution in [2.24, 2.45) is 5.41 Å². The van der Waals surface area contributed by atoms with Crippen molar-refractivity contribution in [3.8, 4) is 0 Å². The highest BCUT2D eigenvalue weighted by molar-refractivity contribution is 5.77. The summed E-state index contributed by atoms with van der Waals surface area (Å²) in [5.74, 6) is 0.890. The van der Waals surface area contributed by atoms with Crippen LogP contribution in [0.15, 0.2) is 28.7 Å². The lowest BCUT2D eigenvalue weighted by molar-refractivity contribution is -0.133. The maximum absolute atomic E-state index is 12.4. The molecule has 1 amide bonds. The van der Waals surface area contributed by atoms with Crippen LogP contribution >= 0.6 is 0 Å². The number of hydrogen-bond donors (Lipinski definition) is 1. The SMILES string of the molecule is O=C(CCc1nc2ccccc2o1)N1CCC2(CCNC2)CC1. The fraction of sp³-hybridized carbons (Fsp3) is 0.556. The molecule has 3 heterocycles. The summed E-state index contributed by atoms with van der Waals surface area (Å²) >= 11 is 0. The molecule has 2 fully saturated rings. The van der Waals surface area contributed by atoms with Gasteiger partial charge in [0.05, 0.1) is 0 Å². The molecule has 2 aromatic rings. The van der Waals surface area contributed by atoms with Crippen LogP contribution < -0.4 is 5.32 Å². The molecule has 2 saturated heterocycles. The summed E-state index contributed by atoms with van der Waals surface area (Å²) in [6.45, 7) is 4.05. The van der Waals surface area contributed by atoms with E-state index in [0.29, 0.717) is 24.1 Å². The van der Waals surface area contributed by atoms with Crippen molar-refractivity contribution in [3.05, 3.63) is 30.2 Å². The van der Waals surface area contributed by atoms with Gasteiger partial charge in [0, 0.05) is 32.5 Å². The van der Waals surface area contributed by atoms with Crippen LogP contribution in [0, 0.1) is 5.41 Å². The van der Waals surface area contributed by atoms with E-state index in [-0.39, 0.29) is 5.91 Å². The first-order valence-corrected chi connectivity index (χ1v) is 8.57. The molecular weight excluding hydrogens is 290 g/mol. The number of oxazole rings is 1. The molecule has 122 valence electrons. The van der Waals surface area contributed by atoms with E-state index in [1.54, 1.807) is 0 Å². The number of rotatable bonds is 3. The van der Waals surface area contributed by atoms with E-state index in [9.17, 15) is 4.79 Å². The minimum Gasteiger partial charge on any atom is -0.441 e. The lowest BCUT2D eigenvalue weighted by Gasteiger charge is -2.38. The molecular formula is C18H23N3O2. The number of benzene rings is 1. The van der Waals surface area contributed by atoms with E-state index in [4.69, 9.17) is 4.42 Å². The third-order valence-corrected chi connectivity index (χ3v) is 5.40. The van der Waals surface area contributed by atoms with Crippen molar-refractivity contribution in [3.63, 3.8) is 0 Å². The standard InChI is InChI=1S/C18H23N3O2/c22-17(21-11-8-18(9-12-21)7-10-19-13-18)6-5-16-20-14-3-1-2-4-15(14)23-16/h1-4,19H,5-13H2. The second-order valence-corrected chi connectivity index (χ2v) is 6.88. The van der Waals surface area contributed by atoms with E-state index < -0.39 is 0 Å². The molecule has 5 nitrogen and oxygen atoms in total. The summed E-state index contributed by atoms with van der Waals surface area (Å²) in [6, 6.07) is 7.72. The van der Waals surface area contributed by atoms with Gasteiger partial charge in [-0.25, -0.2) is 4.98 Å². The van der Waals surface area contributed by atoms with E-state index >= 15 is 0 Å². The van der Waals surface area contributed by atoms with Gasteiger partial charge < -0.3 is 14.6 Å². The summed E-state index contributed by atoms with van der Waals surface area (Å²) in [5.41, 5.74) is 2.11. The summed E-state index contributed by atoms with van der Waals surface area (Å²) in [5, 5.41) is 3.46. The number of likely N-dealkylation sites (tertiary alicyclic amines) is 1. The second-order valence-electron chi connectivity index (χ2n) is 6.88. The third kappa shape index (κ3) is 2.98. The second kappa shape index (κ2) is 5.96. The third-order valence-electron chi connectivity index (χ3n) is 5.40. The minimum absolute atomic E-state index is 0.230. The fourth-order valence-electron chi connectivity index (χ4n) is 3.85. The fourth-order valence-corrected chi connectivity index (χ4v) is 3.85. The number of aryl methyl sites for hydroxylation is 1. The van der Waals surface area contributed by atoms with Gasteiger partial charge in [0.2, 0.25) is 5.91 Å². The summed E-state index contributed by atoms with van der Waals surface area (Å²) in [7, 11) is 0. The van der Waals surface area contributed by atoms with Crippen molar-refractivity contribution >= 4 is 17.0 Å². The molecule has 0 saturated carbocycles. The Bertz CT molecular complexity index is 660. The highest BCUT2D eigenvalue weighted by Crippen LogP contribution is 2.37. The summed E-state index contributed by atoms with van der Waals surface area (Å²) in [4.78, 5) is 18.9. The smallest absolute Gasteiger partial charge is 0.223 e. The van der Waals surface area contributed by atoms with Gasteiger partial charge >= 0.3 is 0 Å². The van der Waals surface area contributed by atoms with E-state index in [0.717, 1.165) is 50.1 Å². The van der Waals surface area contributed by atoms with Crippen LogP contribution in [0.25, 0.3) is 11.1 Å². The Morgan fingerprint density at radius 2 is 2.09 bits per heavy atom. The van der Waals surface area contributed by atoms with Gasteiger partial charge in [-0.3, -0.25) is 4.79 Å². The van der Waals surface area contributed by atoms with Crippen molar-refractivity contribution in [1.29, 1.82) is 0 Å². The summed E-state index contributed by atoms with van der Waals surface area (Å²) < 4.78 is 5.69. The zero-order valence-corrected chi connectivity index (χ0v) is 13.4. The Morgan fingerprint density at radius 1 is 1.26 bits per heavy atom. The van der Waals surface area contributed by atoms with Gasteiger partial charge in [0.25, 0.3) is 0 Å².